The first-order valence-corrected chi connectivity index (χ1v) is 11.6. The van der Waals surface area contributed by atoms with Gasteiger partial charge in [-0.25, -0.2) is 0 Å². The fraction of sp³-hybridized carbons (Fsp3) is 0.864. The van der Waals surface area contributed by atoms with Crippen molar-refractivity contribution in [3.63, 3.8) is 0 Å². The van der Waals surface area contributed by atoms with Gasteiger partial charge in [0.25, 0.3) is 0 Å². The van der Waals surface area contributed by atoms with Crippen molar-refractivity contribution in [3.05, 3.63) is 0 Å². The van der Waals surface area contributed by atoms with E-state index in [9.17, 15) is 14.4 Å². The number of nitrogens with one attached hydrogen (secondary N) is 1. The largest absolute Gasteiger partial charge is 0.481 e. The third kappa shape index (κ3) is 28.3. The summed E-state index contributed by atoms with van der Waals surface area (Å²) in [5.41, 5.74) is 10.4. The first-order chi connectivity index (χ1) is 14.8. The van der Waals surface area contributed by atoms with Gasteiger partial charge in [-0.3, -0.25) is 14.4 Å². The monoisotopic (exact) mass is 447 g/mol. The number of carboxylic acids is 3. The van der Waals surface area contributed by atoms with Gasteiger partial charge in [0.1, 0.15) is 6.04 Å². The summed E-state index contributed by atoms with van der Waals surface area (Å²) in [4.78, 5) is 30.2. The van der Waals surface area contributed by atoms with E-state index in [1.54, 1.807) is 0 Å². The molecule has 1 aliphatic rings. The molecule has 0 aromatic carbocycles. The smallest absolute Gasteiger partial charge is 0.320 e. The standard InChI is InChI=1S/C12H25NO2.C6H11NO2.C4H9NO2/c13-11-9-7-5-3-1-2-4-6-8-10-12(14)15;8-6(9)5-3-1-2-4-7-5;5-3-1-2-4(6)7/h1-11,13H2,(H,14,15);5,7H,1-4H2,(H,8,9);1-3,5H2,(H,6,7)/t;5-;/m.1./s1. The maximum absolute atomic E-state index is 10.3. The highest BCUT2D eigenvalue weighted by Gasteiger charge is 2.18. The fourth-order valence-corrected chi connectivity index (χ4v) is 2.97. The van der Waals surface area contributed by atoms with Gasteiger partial charge in [-0.15, -0.1) is 0 Å². The first kappa shape index (κ1) is 31.5. The second-order valence-electron chi connectivity index (χ2n) is 7.74. The molecule has 184 valence electrons. The van der Waals surface area contributed by atoms with E-state index in [0.717, 1.165) is 51.6 Å². The summed E-state index contributed by atoms with van der Waals surface area (Å²) in [6.45, 7) is 2.14. The van der Waals surface area contributed by atoms with Crippen molar-refractivity contribution in [1.29, 1.82) is 0 Å². The summed E-state index contributed by atoms with van der Waals surface area (Å²) in [5, 5.41) is 27.8. The molecule has 8 N–H and O–H groups in total. The summed E-state index contributed by atoms with van der Waals surface area (Å²) in [7, 11) is 0. The zero-order chi connectivity index (χ0) is 23.7. The maximum atomic E-state index is 10.3. The van der Waals surface area contributed by atoms with Gasteiger partial charge < -0.3 is 32.1 Å². The second kappa shape index (κ2) is 24.6. The normalized spacial score (nSPS) is 15.1. The molecule has 1 heterocycles. The van der Waals surface area contributed by atoms with Gasteiger partial charge in [0.05, 0.1) is 0 Å². The highest BCUT2D eigenvalue weighted by molar-refractivity contribution is 5.73. The fourth-order valence-electron chi connectivity index (χ4n) is 2.97. The number of rotatable bonds is 15. The van der Waals surface area contributed by atoms with Gasteiger partial charge in [-0.05, 0) is 51.7 Å². The Kier molecular flexibility index (Phi) is 24.9. The molecule has 0 unspecified atom stereocenters. The van der Waals surface area contributed by atoms with Gasteiger partial charge in [0.15, 0.2) is 0 Å². The van der Waals surface area contributed by atoms with Crippen LogP contribution in [-0.2, 0) is 14.4 Å². The van der Waals surface area contributed by atoms with Crippen molar-refractivity contribution in [2.24, 2.45) is 11.5 Å². The lowest BCUT2D eigenvalue weighted by Crippen LogP contribution is -2.40. The quantitative estimate of drug-likeness (QED) is 0.206. The molecule has 31 heavy (non-hydrogen) atoms. The topological polar surface area (TPSA) is 176 Å². The van der Waals surface area contributed by atoms with E-state index in [-0.39, 0.29) is 12.5 Å². The SMILES string of the molecule is NCCCC(=O)O.NCCCCCCCCCCCC(=O)O.O=C(O)[C@H]1CCCCN1. The molecule has 0 saturated carbocycles. The molecule has 1 rings (SSSR count). The number of carboxylic acid groups (broad SMARTS) is 3. The summed E-state index contributed by atoms with van der Waals surface area (Å²) in [5.74, 6) is -2.16. The molecule has 0 aromatic heterocycles. The second-order valence-corrected chi connectivity index (χ2v) is 7.74. The molecule has 9 nitrogen and oxygen atoms in total. The summed E-state index contributed by atoms with van der Waals surface area (Å²) >= 11 is 0. The van der Waals surface area contributed by atoms with Crippen LogP contribution in [0.1, 0.15) is 96.3 Å². The maximum Gasteiger partial charge on any atom is 0.320 e. The molecule has 0 aromatic rings. The molecule has 0 aliphatic carbocycles. The molecule has 0 spiro atoms. The minimum atomic E-state index is -0.773. The number of hydrogen-bond acceptors (Lipinski definition) is 6. The zero-order valence-corrected chi connectivity index (χ0v) is 19.0. The van der Waals surface area contributed by atoms with Crippen LogP contribution in [-0.4, -0.2) is 58.9 Å². The summed E-state index contributed by atoms with van der Waals surface area (Å²) in [6, 6.07) is -0.279. The van der Waals surface area contributed by atoms with Crippen molar-refractivity contribution in [3.8, 4) is 0 Å². The average Bonchev–Trinajstić information content (AvgIpc) is 2.75. The predicted octanol–water partition coefficient (Wildman–Crippen LogP) is 2.95. The van der Waals surface area contributed by atoms with Gasteiger partial charge in [0, 0.05) is 12.8 Å². The van der Waals surface area contributed by atoms with E-state index < -0.39 is 17.9 Å². The summed E-state index contributed by atoms with van der Waals surface area (Å²) < 4.78 is 0. The van der Waals surface area contributed by atoms with Crippen LogP contribution in [0.2, 0.25) is 0 Å². The Balaban J connectivity index is 0. The highest BCUT2D eigenvalue weighted by Crippen LogP contribution is 2.10. The summed E-state index contributed by atoms with van der Waals surface area (Å²) in [6.07, 6.45) is 14.7. The first-order valence-electron chi connectivity index (χ1n) is 11.6. The minimum absolute atomic E-state index is 0.191. The minimum Gasteiger partial charge on any atom is -0.481 e. The Hall–Kier alpha value is -1.71. The van der Waals surface area contributed by atoms with E-state index in [4.69, 9.17) is 26.8 Å². The van der Waals surface area contributed by atoms with Crippen molar-refractivity contribution >= 4 is 17.9 Å². The van der Waals surface area contributed by atoms with Gasteiger partial charge in [-0.2, -0.15) is 0 Å². The van der Waals surface area contributed by atoms with E-state index >= 15 is 0 Å². The van der Waals surface area contributed by atoms with Crippen molar-refractivity contribution in [1.82, 2.24) is 5.32 Å². The van der Waals surface area contributed by atoms with Crippen LogP contribution >= 0.6 is 0 Å². The van der Waals surface area contributed by atoms with Crippen LogP contribution in [0.3, 0.4) is 0 Å². The van der Waals surface area contributed by atoms with Crippen molar-refractivity contribution < 1.29 is 29.7 Å². The number of hydrogen-bond donors (Lipinski definition) is 6. The molecule has 0 bridgehead atoms. The molecule has 1 aliphatic heterocycles. The number of aliphatic carboxylic acids is 3. The Labute approximate surface area is 187 Å². The number of carbonyl (C=O) groups is 3. The third-order valence-electron chi connectivity index (χ3n) is 4.80. The van der Waals surface area contributed by atoms with Gasteiger partial charge in [-0.1, -0.05) is 51.4 Å². The van der Waals surface area contributed by atoms with Gasteiger partial charge >= 0.3 is 17.9 Å². The third-order valence-corrected chi connectivity index (χ3v) is 4.80. The Morgan fingerprint density at radius 1 is 0.677 bits per heavy atom. The lowest BCUT2D eigenvalue weighted by Gasteiger charge is -2.18. The van der Waals surface area contributed by atoms with Crippen LogP contribution < -0.4 is 16.8 Å². The number of nitrogens with two attached hydrogens (primary N) is 2. The Morgan fingerprint density at radius 3 is 1.45 bits per heavy atom. The molecule has 0 amide bonds. The van der Waals surface area contributed by atoms with Crippen molar-refractivity contribution in [2.45, 2.75) is 102 Å². The molecule has 1 atom stereocenters. The molecule has 1 fully saturated rings. The van der Waals surface area contributed by atoms with E-state index in [1.165, 1.54) is 38.5 Å². The molecular weight excluding hydrogens is 402 g/mol. The highest BCUT2D eigenvalue weighted by atomic mass is 16.4. The zero-order valence-electron chi connectivity index (χ0n) is 19.0. The molecule has 0 radical (unpaired) electrons. The molecule has 1 saturated heterocycles. The number of piperidine rings is 1. The van der Waals surface area contributed by atoms with E-state index in [0.29, 0.717) is 19.4 Å². The van der Waals surface area contributed by atoms with Crippen LogP contribution in [0.15, 0.2) is 0 Å². The van der Waals surface area contributed by atoms with Crippen LogP contribution in [0.25, 0.3) is 0 Å². The van der Waals surface area contributed by atoms with Crippen molar-refractivity contribution in [2.75, 3.05) is 19.6 Å². The lowest BCUT2D eigenvalue weighted by molar-refractivity contribution is -0.140. The lowest BCUT2D eigenvalue weighted by atomic mass is 10.1. The number of unbranched alkanes of at least 4 members (excludes halogenated alkanes) is 8. The van der Waals surface area contributed by atoms with E-state index in [2.05, 4.69) is 5.32 Å². The Morgan fingerprint density at radius 2 is 1.13 bits per heavy atom. The van der Waals surface area contributed by atoms with Gasteiger partial charge in [0.2, 0.25) is 0 Å². The van der Waals surface area contributed by atoms with Crippen LogP contribution in [0.4, 0.5) is 0 Å². The molecular formula is C22H45N3O6. The molecule has 9 heteroatoms. The Bertz CT molecular complexity index is 443. The van der Waals surface area contributed by atoms with Crippen LogP contribution in [0, 0.1) is 0 Å². The average molecular weight is 448 g/mol. The van der Waals surface area contributed by atoms with E-state index in [1.807, 2.05) is 0 Å². The predicted molar refractivity (Wildman–Crippen MR) is 122 cm³/mol. The van der Waals surface area contributed by atoms with Crippen LogP contribution in [0.5, 0.6) is 0 Å².